The standard InChI is InChI=1S/C25H20FN5O2/c1-15-22(11-20(25(33)28-15)23-10-17-4-2-3-5-21(17)29-23)30-24(32)18-12-27-31(14-18)13-16-6-8-19(26)9-7-16/h2-12,14,29H,13H2,1H3,(H,28,33)(H,30,32). The van der Waals surface area contributed by atoms with Crippen molar-refractivity contribution in [1.29, 1.82) is 0 Å². The van der Waals surface area contributed by atoms with Crippen LogP contribution in [0.5, 0.6) is 0 Å². The van der Waals surface area contributed by atoms with Gasteiger partial charge in [0.1, 0.15) is 5.82 Å². The highest BCUT2D eigenvalue weighted by atomic mass is 19.1. The van der Waals surface area contributed by atoms with Gasteiger partial charge in [-0.15, -0.1) is 0 Å². The number of H-pyrrole nitrogens is 2. The number of amides is 1. The normalized spacial score (nSPS) is 11.1. The number of nitrogens with zero attached hydrogens (tertiary/aromatic N) is 2. The van der Waals surface area contributed by atoms with Crippen LogP contribution < -0.4 is 10.9 Å². The van der Waals surface area contributed by atoms with E-state index in [0.29, 0.717) is 34.7 Å². The van der Waals surface area contributed by atoms with Gasteiger partial charge in [-0.05, 0) is 42.8 Å². The molecule has 7 nitrogen and oxygen atoms in total. The van der Waals surface area contributed by atoms with Gasteiger partial charge >= 0.3 is 0 Å². The number of rotatable bonds is 5. The van der Waals surface area contributed by atoms with Gasteiger partial charge in [0.25, 0.3) is 11.5 Å². The number of aromatic nitrogens is 4. The average Bonchev–Trinajstić information content (AvgIpc) is 3.44. The summed E-state index contributed by atoms with van der Waals surface area (Å²) in [5, 5.41) is 8.07. The fourth-order valence-electron chi connectivity index (χ4n) is 3.71. The second-order valence-corrected chi connectivity index (χ2v) is 7.83. The van der Waals surface area contributed by atoms with Crippen LogP contribution in [0.25, 0.3) is 22.2 Å². The molecule has 1 amide bonds. The van der Waals surface area contributed by atoms with E-state index in [1.165, 1.54) is 18.3 Å². The predicted octanol–water partition coefficient (Wildman–Crippen LogP) is 4.47. The maximum Gasteiger partial charge on any atom is 0.258 e. The summed E-state index contributed by atoms with van der Waals surface area (Å²) in [6.45, 7) is 2.14. The molecule has 2 aromatic carbocycles. The molecule has 3 aromatic heterocycles. The molecule has 0 saturated carbocycles. The molecular formula is C25H20FN5O2. The number of pyridine rings is 1. The van der Waals surface area contributed by atoms with E-state index in [9.17, 15) is 14.0 Å². The number of hydrogen-bond donors (Lipinski definition) is 3. The van der Waals surface area contributed by atoms with Crippen LogP contribution in [0.2, 0.25) is 0 Å². The van der Waals surface area contributed by atoms with Gasteiger partial charge in [-0.1, -0.05) is 30.3 Å². The first-order chi connectivity index (χ1) is 16.0. The summed E-state index contributed by atoms with van der Waals surface area (Å²) in [6.07, 6.45) is 3.09. The van der Waals surface area contributed by atoms with Gasteiger partial charge < -0.3 is 15.3 Å². The van der Waals surface area contributed by atoms with E-state index in [1.54, 1.807) is 36.0 Å². The van der Waals surface area contributed by atoms with Crippen LogP contribution in [0, 0.1) is 12.7 Å². The van der Waals surface area contributed by atoms with Crippen LogP contribution >= 0.6 is 0 Å². The van der Waals surface area contributed by atoms with E-state index in [0.717, 1.165) is 16.5 Å². The van der Waals surface area contributed by atoms with Gasteiger partial charge in [-0.25, -0.2) is 4.39 Å². The Morgan fingerprint density at radius 1 is 1.09 bits per heavy atom. The Bertz CT molecular complexity index is 1500. The number of fused-ring (bicyclic) bond motifs is 1. The first-order valence-electron chi connectivity index (χ1n) is 10.4. The Labute approximate surface area is 187 Å². The summed E-state index contributed by atoms with van der Waals surface area (Å²) in [5.41, 5.74) is 4.06. The quantitative estimate of drug-likeness (QED) is 0.376. The molecule has 164 valence electrons. The van der Waals surface area contributed by atoms with Crippen LogP contribution in [-0.2, 0) is 6.54 Å². The smallest absolute Gasteiger partial charge is 0.258 e. The molecule has 0 bridgehead atoms. The van der Waals surface area contributed by atoms with E-state index in [1.807, 2.05) is 30.3 Å². The Hall–Kier alpha value is -4.46. The SMILES string of the molecule is Cc1[nH]c(=O)c(-c2cc3ccccc3[nH]2)cc1NC(=O)c1cnn(Cc2ccc(F)cc2)c1. The average molecular weight is 441 g/mol. The molecule has 0 radical (unpaired) electrons. The lowest BCUT2D eigenvalue weighted by Crippen LogP contribution is -2.17. The van der Waals surface area contributed by atoms with Crippen molar-refractivity contribution in [3.63, 3.8) is 0 Å². The molecule has 0 aliphatic carbocycles. The zero-order valence-electron chi connectivity index (χ0n) is 17.7. The monoisotopic (exact) mass is 441 g/mol. The van der Waals surface area contributed by atoms with Crippen molar-refractivity contribution in [3.05, 3.63) is 106 Å². The summed E-state index contributed by atoms with van der Waals surface area (Å²) in [6, 6.07) is 17.4. The van der Waals surface area contributed by atoms with E-state index < -0.39 is 0 Å². The molecule has 8 heteroatoms. The summed E-state index contributed by atoms with van der Waals surface area (Å²) < 4.78 is 14.7. The molecule has 3 heterocycles. The Balaban J connectivity index is 1.38. The Morgan fingerprint density at radius 2 is 1.88 bits per heavy atom. The van der Waals surface area contributed by atoms with E-state index >= 15 is 0 Å². The van der Waals surface area contributed by atoms with Gasteiger partial charge in [0.2, 0.25) is 0 Å². The van der Waals surface area contributed by atoms with Crippen molar-refractivity contribution in [2.75, 3.05) is 5.32 Å². The zero-order valence-corrected chi connectivity index (χ0v) is 17.7. The number of aryl methyl sites for hydroxylation is 1. The molecule has 0 aliphatic rings. The number of carbonyl (C=O) groups is 1. The summed E-state index contributed by atoms with van der Waals surface area (Å²) in [7, 11) is 0. The minimum Gasteiger partial charge on any atom is -0.354 e. The maximum atomic E-state index is 13.1. The lowest BCUT2D eigenvalue weighted by molar-refractivity contribution is 0.102. The number of nitrogens with one attached hydrogen (secondary N) is 3. The largest absolute Gasteiger partial charge is 0.354 e. The molecule has 5 aromatic rings. The van der Waals surface area contributed by atoms with Crippen molar-refractivity contribution in [3.8, 4) is 11.3 Å². The van der Waals surface area contributed by atoms with Gasteiger partial charge in [-0.2, -0.15) is 5.10 Å². The molecule has 0 aliphatic heterocycles. The predicted molar refractivity (Wildman–Crippen MR) is 125 cm³/mol. The lowest BCUT2D eigenvalue weighted by atomic mass is 10.1. The molecular weight excluding hydrogens is 421 g/mol. The van der Waals surface area contributed by atoms with Crippen LogP contribution in [0.4, 0.5) is 10.1 Å². The molecule has 3 N–H and O–H groups in total. The third-order valence-electron chi connectivity index (χ3n) is 5.46. The number of benzene rings is 2. The second kappa shape index (κ2) is 8.23. The van der Waals surface area contributed by atoms with Crippen LogP contribution in [0.15, 0.2) is 77.9 Å². The summed E-state index contributed by atoms with van der Waals surface area (Å²) >= 11 is 0. The summed E-state index contributed by atoms with van der Waals surface area (Å²) in [5.74, 6) is -0.652. The second-order valence-electron chi connectivity index (χ2n) is 7.83. The maximum absolute atomic E-state index is 13.1. The highest BCUT2D eigenvalue weighted by molar-refractivity contribution is 6.04. The van der Waals surface area contributed by atoms with Crippen molar-refractivity contribution < 1.29 is 9.18 Å². The summed E-state index contributed by atoms with van der Waals surface area (Å²) in [4.78, 5) is 31.5. The zero-order chi connectivity index (χ0) is 22.9. The molecule has 33 heavy (non-hydrogen) atoms. The van der Waals surface area contributed by atoms with Crippen molar-refractivity contribution in [2.24, 2.45) is 0 Å². The Kier molecular flexibility index (Phi) is 5.10. The molecule has 0 spiro atoms. The number of anilines is 1. The van der Waals surface area contributed by atoms with Gasteiger partial charge in [0.05, 0.1) is 35.2 Å². The van der Waals surface area contributed by atoms with Crippen LogP contribution in [0.1, 0.15) is 21.6 Å². The van der Waals surface area contributed by atoms with Crippen LogP contribution in [0.3, 0.4) is 0 Å². The highest BCUT2D eigenvalue weighted by Crippen LogP contribution is 2.24. The fourth-order valence-corrected chi connectivity index (χ4v) is 3.71. The molecule has 0 fully saturated rings. The number of aromatic amines is 2. The number of hydrogen-bond acceptors (Lipinski definition) is 3. The van der Waals surface area contributed by atoms with Crippen LogP contribution in [-0.4, -0.2) is 25.7 Å². The first kappa shape index (κ1) is 20.4. The highest BCUT2D eigenvalue weighted by Gasteiger charge is 2.15. The first-order valence-corrected chi connectivity index (χ1v) is 10.4. The lowest BCUT2D eigenvalue weighted by Gasteiger charge is -2.09. The molecule has 0 atom stereocenters. The van der Waals surface area contributed by atoms with Crippen molar-refractivity contribution >= 4 is 22.5 Å². The molecule has 5 rings (SSSR count). The van der Waals surface area contributed by atoms with E-state index in [2.05, 4.69) is 20.4 Å². The van der Waals surface area contributed by atoms with E-state index in [-0.39, 0.29) is 17.3 Å². The third kappa shape index (κ3) is 4.18. The minimum absolute atomic E-state index is 0.246. The third-order valence-corrected chi connectivity index (χ3v) is 5.46. The van der Waals surface area contributed by atoms with Gasteiger partial charge in [0.15, 0.2) is 0 Å². The molecule has 0 saturated heterocycles. The minimum atomic E-state index is -0.349. The van der Waals surface area contributed by atoms with Gasteiger partial charge in [-0.3, -0.25) is 14.3 Å². The Morgan fingerprint density at radius 3 is 2.67 bits per heavy atom. The number of carbonyl (C=O) groups excluding carboxylic acids is 1. The van der Waals surface area contributed by atoms with Crippen molar-refractivity contribution in [1.82, 2.24) is 19.7 Å². The van der Waals surface area contributed by atoms with E-state index in [4.69, 9.17) is 0 Å². The van der Waals surface area contributed by atoms with Crippen molar-refractivity contribution in [2.45, 2.75) is 13.5 Å². The number of para-hydroxylation sites is 1. The molecule has 0 unspecified atom stereocenters. The fraction of sp³-hybridized carbons (Fsp3) is 0.0800. The number of halogens is 1. The topological polar surface area (TPSA) is 95.6 Å². The van der Waals surface area contributed by atoms with Gasteiger partial charge in [0, 0.05) is 22.8 Å².